The molecule has 0 spiro atoms. The van der Waals surface area contributed by atoms with Crippen LogP contribution in [-0.4, -0.2) is 30.6 Å². The Morgan fingerprint density at radius 2 is 1.82 bits per heavy atom. The highest BCUT2D eigenvalue weighted by Crippen LogP contribution is 2.38. The summed E-state index contributed by atoms with van der Waals surface area (Å²) in [7, 11) is 0. The molecule has 0 radical (unpaired) electrons. The van der Waals surface area contributed by atoms with Crippen LogP contribution in [0.25, 0.3) is 0 Å². The summed E-state index contributed by atoms with van der Waals surface area (Å²) in [5.41, 5.74) is 6.83. The fourth-order valence-corrected chi connectivity index (χ4v) is 3.59. The van der Waals surface area contributed by atoms with E-state index in [1.807, 2.05) is 0 Å². The molecule has 1 aliphatic carbocycles. The maximum atomic E-state index is 6.47. The fraction of sp³-hybridized carbons (Fsp3) is 1.00. The van der Waals surface area contributed by atoms with Crippen LogP contribution in [0.3, 0.4) is 0 Å². The summed E-state index contributed by atoms with van der Waals surface area (Å²) in [4.78, 5) is 2.66. The van der Waals surface area contributed by atoms with Crippen LogP contribution in [0, 0.1) is 17.3 Å². The summed E-state index contributed by atoms with van der Waals surface area (Å²) in [5, 5.41) is 0. The Hall–Kier alpha value is -0.0800. The average Bonchev–Trinajstić information content (AvgIpc) is 2.28. The van der Waals surface area contributed by atoms with Gasteiger partial charge in [0.15, 0.2) is 0 Å². The normalized spacial score (nSPS) is 36.0. The molecule has 0 aromatic rings. The summed E-state index contributed by atoms with van der Waals surface area (Å²) in [6, 6.07) is 0.399. The van der Waals surface area contributed by atoms with Crippen molar-refractivity contribution in [2.24, 2.45) is 23.0 Å². The highest BCUT2D eigenvalue weighted by Gasteiger charge is 2.37. The number of hydrogen-bond donors (Lipinski definition) is 1. The molecule has 1 saturated heterocycles. The molecule has 2 nitrogen and oxygen atoms in total. The summed E-state index contributed by atoms with van der Waals surface area (Å²) in [5.74, 6) is 1.66. The van der Waals surface area contributed by atoms with E-state index in [1.54, 1.807) is 0 Å². The molecule has 2 aliphatic rings. The van der Waals surface area contributed by atoms with Gasteiger partial charge < -0.3 is 10.6 Å². The quantitative estimate of drug-likeness (QED) is 0.801. The first-order valence-corrected chi connectivity index (χ1v) is 7.47. The van der Waals surface area contributed by atoms with Crippen LogP contribution >= 0.6 is 0 Å². The lowest BCUT2D eigenvalue weighted by atomic mass is 9.68. The number of rotatable bonds is 2. The van der Waals surface area contributed by atoms with Gasteiger partial charge in [0.1, 0.15) is 0 Å². The van der Waals surface area contributed by atoms with Crippen LogP contribution in [0.5, 0.6) is 0 Å². The van der Waals surface area contributed by atoms with Crippen LogP contribution in [0.1, 0.15) is 52.9 Å². The van der Waals surface area contributed by atoms with Crippen molar-refractivity contribution in [1.82, 2.24) is 4.90 Å². The Balaban J connectivity index is 1.86. The minimum Gasteiger partial charge on any atom is -0.327 e. The Labute approximate surface area is 107 Å². The van der Waals surface area contributed by atoms with Crippen LogP contribution in [0.4, 0.5) is 0 Å². The lowest BCUT2D eigenvalue weighted by molar-refractivity contribution is 0.0873. The van der Waals surface area contributed by atoms with Crippen LogP contribution in [0.15, 0.2) is 0 Å². The summed E-state index contributed by atoms with van der Waals surface area (Å²) >= 11 is 0. The van der Waals surface area contributed by atoms with Crippen LogP contribution in [-0.2, 0) is 0 Å². The first-order chi connectivity index (χ1) is 7.99. The van der Waals surface area contributed by atoms with Crippen molar-refractivity contribution in [3.63, 3.8) is 0 Å². The van der Waals surface area contributed by atoms with Crippen molar-refractivity contribution in [1.29, 1.82) is 0 Å². The van der Waals surface area contributed by atoms with Gasteiger partial charge in [-0.3, -0.25) is 0 Å². The van der Waals surface area contributed by atoms with Crippen molar-refractivity contribution >= 4 is 0 Å². The molecule has 17 heavy (non-hydrogen) atoms. The van der Waals surface area contributed by atoms with Gasteiger partial charge in [0.05, 0.1) is 0 Å². The molecule has 1 saturated carbocycles. The first kappa shape index (κ1) is 13.4. The van der Waals surface area contributed by atoms with E-state index in [-0.39, 0.29) is 0 Å². The van der Waals surface area contributed by atoms with Crippen LogP contribution in [0.2, 0.25) is 0 Å². The number of piperidine rings is 1. The molecule has 0 bridgehead atoms. The molecule has 2 N–H and O–H groups in total. The Morgan fingerprint density at radius 3 is 2.47 bits per heavy atom. The van der Waals surface area contributed by atoms with Gasteiger partial charge in [0, 0.05) is 12.6 Å². The molecule has 2 atom stereocenters. The second-order valence-electron chi connectivity index (χ2n) is 7.15. The summed E-state index contributed by atoms with van der Waals surface area (Å²) < 4.78 is 0. The van der Waals surface area contributed by atoms with Gasteiger partial charge in [-0.1, -0.05) is 27.2 Å². The molecule has 0 amide bonds. The second-order valence-corrected chi connectivity index (χ2v) is 7.15. The maximum absolute atomic E-state index is 6.47. The Kier molecular flexibility index (Phi) is 4.14. The van der Waals surface area contributed by atoms with Gasteiger partial charge in [-0.2, -0.15) is 0 Å². The largest absolute Gasteiger partial charge is 0.327 e. The van der Waals surface area contributed by atoms with Gasteiger partial charge in [0.2, 0.25) is 0 Å². The maximum Gasteiger partial charge on any atom is 0.0131 e. The summed E-state index contributed by atoms with van der Waals surface area (Å²) in [6.07, 6.45) is 6.78. The Bertz CT molecular complexity index is 241. The highest BCUT2D eigenvalue weighted by atomic mass is 15.1. The average molecular weight is 238 g/mol. The highest BCUT2D eigenvalue weighted by molar-refractivity contribution is 4.92. The molecule has 0 aromatic heterocycles. The molecule has 2 fully saturated rings. The number of likely N-dealkylation sites (tertiary alicyclic amines) is 1. The predicted octanol–water partition coefficient (Wildman–Crippen LogP) is 2.87. The van der Waals surface area contributed by atoms with E-state index in [2.05, 4.69) is 25.7 Å². The molecule has 2 unspecified atom stereocenters. The van der Waals surface area contributed by atoms with Gasteiger partial charge in [-0.15, -0.1) is 0 Å². The number of nitrogens with zero attached hydrogens (tertiary/aromatic N) is 1. The molecular weight excluding hydrogens is 208 g/mol. The van der Waals surface area contributed by atoms with Crippen molar-refractivity contribution in [2.45, 2.75) is 58.9 Å². The number of hydrogen-bond acceptors (Lipinski definition) is 2. The van der Waals surface area contributed by atoms with Crippen molar-refractivity contribution in [3.8, 4) is 0 Å². The Morgan fingerprint density at radius 1 is 1.18 bits per heavy atom. The van der Waals surface area contributed by atoms with Crippen LogP contribution < -0.4 is 5.73 Å². The van der Waals surface area contributed by atoms with Gasteiger partial charge >= 0.3 is 0 Å². The minimum atomic E-state index is 0.353. The zero-order valence-electron chi connectivity index (χ0n) is 11.9. The fourth-order valence-electron chi connectivity index (χ4n) is 3.59. The molecular formula is C15H30N2. The standard InChI is InChI=1S/C15H30N2/c1-12-6-9-17(10-7-12)11-13-5-4-8-15(2,3)14(13)16/h12-14H,4-11,16H2,1-3H3. The zero-order valence-corrected chi connectivity index (χ0v) is 11.9. The molecule has 0 aromatic carbocycles. The molecule has 1 heterocycles. The number of nitrogens with two attached hydrogens (primary N) is 1. The van der Waals surface area contributed by atoms with Gasteiger partial charge in [0.25, 0.3) is 0 Å². The third-order valence-electron chi connectivity index (χ3n) is 5.18. The van der Waals surface area contributed by atoms with E-state index >= 15 is 0 Å². The minimum absolute atomic E-state index is 0.353. The van der Waals surface area contributed by atoms with E-state index in [0.29, 0.717) is 11.5 Å². The predicted molar refractivity (Wildman–Crippen MR) is 73.9 cm³/mol. The summed E-state index contributed by atoms with van der Waals surface area (Å²) in [6.45, 7) is 10.9. The first-order valence-electron chi connectivity index (χ1n) is 7.47. The van der Waals surface area contributed by atoms with Crippen molar-refractivity contribution < 1.29 is 0 Å². The monoisotopic (exact) mass is 238 g/mol. The van der Waals surface area contributed by atoms with Gasteiger partial charge in [-0.25, -0.2) is 0 Å². The third-order valence-corrected chi connectivity index (χ3v) is 5.18. The molecule has 100 valence electrons. The third kappa shape index (κ3) is 3.23. The lowest BCUT2D eigenvalue weighted by Crippen LogP contribution is -2.51. The molecule has 1 aliphatic heterocycles. The SMILES string of the molecule is CC1CCN(CC2CCCC(C)(C)C2N)CC1. The van der Waals surface area contributed by atoms with E-state index in [0.717, 1.165) is 11.8 Å². The van der Waals surface area contributed by atoms with E-state index in [1.165, 1.54) is 51.7 Å². The lowest BCUT2D eigenvalue weighted by Gasteiger charge is -2.44. The van der Waals surface area contributed by atoms with E-state index < -0.39 is 0 Å². The van der Waals surface area contributed by atoms with Crippen molar-refractivity contribution in [2.75, 3.05) is 19.6 Å². The topological polar surface area (TPSA) is 29.3 Å². The molecule has 2 rings (SSSR count). The zero-order chi connectivity index (χ0) is 12.5. The van der Waals surface area contributed by atoms with E-state index in [4.69, 9.17) is 5.73 Å². The van der Waals surface area contributed by atoms with E-state index in [9.17, 15) is 0 Å². The second kappa shape index (κ2) is 5.27. The van der Waals surface area contributed by atoms with Crippen molar-refractivity contribution in [3.05, 3.63) is 0 Å². The smallest absolute Gasteiger partial charge is 0.0131 e. The molecule has 2 heteroatoms. The van der Waals surface area contributed by atoms with Gasteiger partial charge in [-0.05, 0) is 56.0 Å².